The van der Waals surface area contributed by atoms with E-state index in [1.807, 2.05) is 51.9 Å². The third-order valence-electron chi connectivity index (χ3n) is 6.69. The molecule has 0 bridgehead atoms. The Morgan fingerprint density at radius 2 is 1.92 bits per heavy atom. The fraction of sp³-hybridized carbons (Fsp3) is 0.207. The summed E-state index contributed by atoms with van der Waals surface area (Å²) in [5, 5.41) is 22.4. The van der Waals surface area contributed by atoms with Gasteiger partial charge in [0.05, 0.1) is 29.7 Å². The normalized spacial score (nSPS) is 16.1. The number of rotatable bonds is 8. The highest BCUT2D eigenvalue weighted by atomic mass is 19.1. The smallest absolute Gasteiger partial charge is 0.240 e. The van der Waals surface area contributed by atoms with Crippen molar-refractivity contribution in [2.75, 3.05) is 6.54 Å². The number of phenolic OH excluding ortho intramolecular Hbond substituents is 1. The Balaban J connectivity index is 1.29. The minimum Gasteiger partial charge on any atom is -0.508 e. The fourth-order valence-corrected chi connectivity index (χ4v) is 4.84. The van der Waals surface area contributed by atoms with Crippen LogP contribution in [0.25, 0.3) is 0 Å². The lowest BCUT2D eigenvalue weighted by molar-refractivity contribution is -0.130. The van der Waals surface area contributed by atoms with Gasteiger partial charge in [-0.3, -0.25) is 4.79 Å². The molecule has 1 aromatic heterocycles. The molecule has 2 N–H and O–H groups in total. The zero-order valence-corrected chi connectivity index (χ0v) is 20.1. The van der Waals surface area contributed by atoms with Gasteiger partial charge in [0.1, 0.15) is 17.6 Å². The first kappa shape index (κ1) is 24.2. The van der Waals surface area contributed by atoms with Crippen molar-refractivity contribution < 1.29 is 14.3 Å². The molecule has 5 rings (SSSR count). The first-order chi connectivity index (χ1) is 18.0. The van der Waals surface area contributed by atoms with E-state index in [0.29, 0.717) is 26.1 Å². The molecular formula is C29H26FN5O2. The van der Waals surface area contributed by atoms with Crippen molar-refractivity contribution in [2.24, 2.45) is 0 Å². The monoisotopic (exact) mass is 495 g/mol. The van der Waals surface area contributed by atoms with E-state index in [1.165, 1.54) is 12.1 Å². The second-order valence-electron chi connectivity index (χ2n) is 9.10. The van der Waals surface area contributed by atoms with Crippen LogP contribution in [0, 0.1) is 17.1 Å². The second-order valence-corrected chi connectivity index (χ2v) is 9.10. The molecule has 8 heteroatoms. The van der Waals surface area contributed by atoms with Crippen LogP contribution < -0.4 is 5.32 Å². The molecule has 0 spiro atoms. The zero-order chi connectivity index (χ0) is 25.8. The lowest BCUT2D eigenvalue weighted by Gasteiger charge is -2.29. The summed E-state index contributed by atoms with van der Waals surface area (Å²) in [6.07, 6.45) is 4.04. The van der Waals surface area contributed by atoms with Crippen LogP contribution in [0.3, 0.4) is 0 Å². The molecule has 37 heavy (non-hydrogen) atoms. The Bertz CT molecular complexity index is 1450. The quantitative estimate of drug-likeness (QED) is 0.383. The Hall–Kier alpha value is -4.48. The van der Waals surface area contributed by atoms with E-state index in [0.717, 1.165) is 22.4 Å². The van der Waals surface area contributed by atoms with E-state index >= 15 is 0 Å². The van der Waals surface area contributed by atoms with Crippen molar-refractivity contribution >= 4 is 5.91 Å². The summed E-state index contributed by atoms with van der Waals surface area (Å²) in [5.41, 5.74) is 3.43. The van der Waals surface area contributed by atoms with E-state index < -0.39 is 5.82 Å². The van der Waals surface area contributed by atoms with Gasteiger partial charge in [-0.15, -0.1) is 0 Å². The number of carbonyl (C=O) groups excluding carboxylic acids is 1. The molecule has 2 heterocycles. The molecule has 1 fully saturated rings. The summed E-state index contributed by atoms with van der Waals surface area (Å²) in [4.78, 5) is 19.6. The van der Waals surface area contributed by atoms with Crippen molar-refractivity contribution in [2.45, 2.75) is 31.6 Å². The second kappa shape index (κ2) is 10.6. The van der Waals surface area contributed by atoms with E-state index in [1.54, 1.807) is 36.8 Å². The number of phenols is 1. The SMILES string of the molecule is N#Cc1ccc(Cn2cncc2CNC2CCN([C@H](c3ccccc3)c3cccc(O)c3)C2=O)cc1F. The van der Waals surface area contributed by atoms with E-state index in [2.05, 4.69) is 10.3 Å². The average Bonchev–Trinajstić information content (AvgIpc) is 3.50. The number of carbonyl (C=O) groups is 1. The van der Waals surface area contributed by atoms with Crippen LogP contribution in [0.4, 0.5) is 4.39 Å². The number of amides is 1. The molecule has 7 nitrogen and oxygen atoms in total. The van der Waals surface area contributed by atoms with Crippen LogP contribution in [-0.2, 0) is 17.9 Å². The Morgan fingerprint density at radius 1 is 1.11 bits per heavy atom. The summed E-state index contributed by atoms with van der Waals surface area (Å²) < 4.78 is 15.9. The van der Waals surface area contributed by atoms with Gasteiger partial charge in [-0.25, -0.2) is 9.37 Å². The summed E-state index contributed by atoms with van der Waals surface area (Å²) in [7, 11) is 0. The van der Waals surface area contributed by atoms with Crippen molar-refractivity contribution in [3.8, 4) is 11.8 Å². The number of imidazole rings is 1. The number of halogens is 1. The topological polar surface area (TPSA) is 94.2 Å². The number of aromatic hydroxyl groups is 1. The Labute approximate surface area is 214 Å². The molecular weight excluding hydrogens is 469 g/mol. The van der Waals surface area contributed by atoms with Crippen LogP contribution in [0.15, 0.2) is 85.3 Å². The maximum atomic E-state index is 14.0. The molecule has 2 atom stereocenters. The molecule has 3 aromatic carbocycles. The molecule has 4 aromatic rings. The number of nitriles is 1. The highest BCUT2D eigenvalue weighted by Crippen LogP contribution is 2.33. The number of nitrogens with one attached hydrogen (secondary N) is 1. The lowest BCUT2D eigenvalue weighted by atomic mass is 9.97. The zero-order valence-electron chi connectivity index (χ0n) is 20.1. The van der Waals surface area contributed by atoms with Crippen molar-refractivity contribution in [3.63, 3.8) is 0 Å². The van der Waals surface area contributed by atoms with Gasteiger partial charge >= 0.3 is 0 Å². The molecule has 1 saturated heterocycles. The highest BCUT2D eigenvalue weighted by molar-refractivity contribution is 5.85. The van der Waals surface area contributed by atoms with Crippen LogP contribution in [0.5, 0.6) is 5.75 Å². The Kier molecular flexibility index (Phi) is 6.97. The van der Waals surface area contributed by atoms with Crippen molar-refractivity contribution in [1.29, 1.82) is 5.26 Å². The number of likely N-dealkylation sites (tertiary alicyclic amines) is 1. The number of nitrogens with zero attached hydrogens (tertiary/aromatic N) is 4. The maximum Gasteiger partial charge on any atom is 0.240 e. The van der Waals surface area contributed by atoms with Crippen molar-refractivity contribution in [3.05, 3.63) is 119 Å². The largest absolute Gasteiger partial charge is 0.508 e. The molecule has 186 valence electrons. The van der Waals surface area contributed by atoms with Crippen LogP contribution in [0.2, 0.25) is 0 Å². The van der Waals surface area contributed by atoms with Gasteiger partial charge in [0.2, 0.25) is 5.91 Å². The number of hydrogen-bond donors (Lipinski definition) is 2. The Morgan fingerprint density at radius 3 is 2.68 bits per heavy atom. The lowest BCUT2D eigenvalue weighted by Crippen LogP contribution is -2.40. The molecule has 0 radical (unpaired) electrons. The van der Waals surface area contributed by atoms with Crippen LogP contribution in [0.1, 0.15) is 40.4 Å². The first-order valence-electron chi connectivity index (χ1n) is 12.1. The highest BCUT2D eigenvalue weighted by Gasteiger charge is 2.37. The molecule has 1 aliphatic heterocycles. The van der Waals surface area contributed by atoms with Gasteiger partial charge in [-0.2, -0.15) is 5.26 Å². The van der Waals surface area contributed by atoms with E-state index in [4.69, 9.17) is 5.26 Å². The molecule has 0 saturated carbocycles. The summed E-state index contributed by atoms with van der Waals surface area (Å²) in [6.45, 7) is 1.40. The van der Waals surface area contributed by atoms with Crippen molar-refractivity contribution in [1.82, 2.24) is 19.8 Å². The van der Waals surface area contributed by atoms with Gasteiger partial charge in [0, 0.05) is 25.8 Å². The predicted octanol–water partition coefficient (Wildman–Crippen LogP) is 4.13. The number of aromatic nitrogens is 2. The molecule has 1 amide bonds. The average molecular weight is 496 g/mol. The van der Waals surface area contributed by atoms with Gasteiger partial charge in [-0.1, -0.05) is 48.5 Å². The van der Waals surface area contributed by atoms with Gasteiger partial charge < -0.3 is 19.9 Å². The van der Waals surface area contributed by atoms with Gasteiger partial charge in [0.15, 0.2) is 0 Å². The summed E-state index contributed by atoms with van der Waals surface area (Å²) >= 11 is 0. The number of benzene rings is 3. The molecule has 1 unspecified atom stereocenters. The standard InChI is InChI=1S/C29H26FN5O2/c30-26-13-20(9-10-23(26)15-31)18-34-19-32-16-24(34)17-33-27-11-12-35(29(27)37)28(21-5-2-1-3-6-21)22-7-4-8-25(36)14-22/h1-10,13-14,16,19,27-28,33,36H,11-12,17-18H2/t27?,28-/m1/s1. The minimum absolute atomic E-state index is 0.00238. The van der Waals surface area contributed by atoms with Crippen LogP contribution in [-0.4, -0.2) is 38.1 Å². The minimum atomic E-state index is -0.545. The van der Waals surface area contributed by atoms with Gasteiger partial charge in [0.25, 0.3) is 0 Å². The first-order valence-corrected chi connectivity index (χ1v) is 12.1. The fourth-order valence-electron chi connectivity index (χ4n) is 4.84. The predicted molar refractivity (Wildman–Crippen MR) is 136 cm³/mol. The molecule has 0 aliphatic carbocycles. The van der Waals surface area contributed by atoms with E-state index in [-0.39, 0.29) is 29.3 Å². The van der Waals surface area contributed by atoms with E-state index in [9.17, 15) is 14.3 Å². The third kappa shape index (κ3) is 5.22. The third-order valence-corrected chi connectivity index (χ3v) is 6.69. The maximum absolute atomic E-state index is 14.0. The number of hydrogen-bond acceptors (Lipinski definition) is 5. The van der Waals surface area contributed by atoms with Gasteiger partial charge in [-0.05, 0) is 47.4 Å². The summed E-state index contributed by atoms with van der Waals surface area (Å²) in [5.74, 6) is -0.385. The van der Waals surface area contributed by atoms with Crippen LogP contribution >= 0.6 is 0 Å². The summed E-state index contributed by atoms with van der Waals surface area (Å²) in [6, 6.07) is 22.6. The molecule has 1 aliphatic rings.